The van der Waals surface area contributed by atoms with E-state index in [0.717, 1.165) is 21.7 Å². The van der Waals surface area contributed by atoms with Crippen LogP contribution in [0.4, 0.5) is 4.39 Å². The third-order valence-corrected chi connectivity index (χ3v) is 3.12. The van der Waals surface area contributed by atoms with Gasteiger partial charge in [0, 0.05) is 18.1 Å². The van der Waals surface area contributed by atoms with Gasteiger partial charge >= 0.3 is 0 Å². The Morgan fingerprint density at radius 2 is 1.78 bits per heavy atom. The van der Waals surface area contributed by atoms with Crippen molar-refractivity contribution in [3.8, 4) is 0 Å². The Labute approximate surface area is 112 Å². The number of rotatable bonds is 4. The Hall–Kier alpha value is -1.38. The lowest BCUT2D eigenvalue weighted by Gasteiger charge is -2.07. The van der Waals surface area contributed by atoms with Crippen LogP contribution >= 0.6 is 11.6 Å². The van der Waals surface area contributed by atoms with Crippen molar-refractivity contribution in [3.05, 3.63) is 70.0 Å². The summed E-state index contributed by atoms with van der Waals surface area (Å²) in [5, 5.41) is 4.07. The highest BCUT2D eigenvalue weighted by Gasteiger charge is 2.00. The summed E-state index contributed by atoms with van der Waals surface area (Å²) in [7, 11) is 0. The second kappa shape index (κ2) is 5.98. The fourth-order valence-electron chi connectivity index (χ4n) is 1.74. The number of hydrogen-bond donors (Lipinski definition) is 1. The van der Waals surface area contributed by atoms with E-state index in [0.29, 0.717) is 13.1 Å². The minimum absolute atomic E-state index is 0.208. The fraction of sp³-hybridized carbons (Fsp3) is 0.200. The molecular formula is C15H15ClFN. The van der Waals surface area contributed by atoms with Crippen LogP contribution in [0.25, 0.3) is 0 Å². The molecule has 3 heteroatoms. The normalized spacial score (nSPS) is 10.6. The van der Waals surface area contributed by atoms with E-state index in [1.165, 1.54) is 12.1 Å². The maximum absolute atomic E-state index is 12.7. The second-order valence-corrected chi connectivity index (χ2v) is 4.73. The average Bonchev–Trinajstić information content (AvgIpc) is 2.34. The average molecular weight is 264 g/mol. The van der Waals surface area contributed by atoms with Crippen molar-refractivity contribution in [2.75, 3.05) is 0 Å². The molecule has 0 spiro atoms. The molecule has 0 amide bonds. The van der Waals surface area contributed by atoms with Crippen LogP contribution in [-0.4, -0.2) is 0 Å². The summed E-state index contributed by atoms with van der Waals surface area (Å²) in [6.07, 6.45) is 0. The summed E-state index contributed by atoms with van der Waals surface area (Å²) in [6, 6.07) is 12.5. The largest absolute Gasteiger partial charge is 0.309 e. The second-order valence-electron chi connectivity index (χ2n) is 4.32. The summed E-state index contributed by atoms with van der Waals surface area (Å²) in [4.78, 5) is 0. The maximum Gasteiger partial charge on any atom is 0.123 e. The Morgan fingerprint density at radius 1 is 1.06 bits per heavy atom. The maximum atomic E-state index is 12.7. The van der Waals surface area contributed by atoms with Crippen LogP contribution in [0.15, 0.2) is 42.5 Å². The van der Waals surface area contributed by atoms with Gasteiger partial charge in [-0.25, -0.2) is 4.39 Å². The van der Waals surface area contributed by atoms with Gasteiger partial charge in [-0.1, -0.05) is 35.9 Å². The number of hydrogen-bond acceptors (Lipinski definition) is 1. The lowest BCUT2D eigenvalue weighted by Crippen LogP contribution is -2.13. The summed E-state index contributed by atoms with van der Waals surface area (Å²) >= 11 is 6.14. The van der Waals surface area contributed by atoms with Gasteiger partial charge in [0.15, 0.2) is 0 Å². The van der Waals surface area contributed by atoms with Crippen LogP contribution in [0, 0.1) is 12.7 Å². The fourth-order valence-corrected chi connectivity index (χ4v) is 2.04. The van der Waals surface area contributed by atoms with Crippen LogP contribution in [-0.2, 0) is 13.1 Å². The van der Waals surface area contributed by atoms with Crippen LogP contribution < -0.4 is 5.32 Å². The molecule has 0 heterocycles. The van der Waals surface area contributed by atoms with Gasteiger partial charge in [0.05, 0.1) is 0 Å². The van der Waals surface area contributed by atoms with Crippen molar-refractivity contribution < 1.29 is 4.39 Å². The summed E-state index contributed by atoms with van der Waals surface area (Å²) < 4.78 is 12.7. The molecule has 0 aliphatic rings. The zero-order valence-corrected chi connectivity index (χ0v) is 11.0. The lowest BCUT2D eigenvalue weighted by atomic mass is 10.1. The molecule has 0 saturated carbocycles. The number of aryl methyl sites for hydroxylation is 1. The van der Waals surface area contributed by atoms with Gasteiger partial charge in [-0.15, -0.1) is 0 Å². The summed E-state index contributed by atoms with van der Waals surface area (Å²) in [5.41, 5.74) is 3.28. The summed E-state index contributed by atoms with van der Waals surface area (Å²) in [6.45, 7) is 3.42. The molecule has 0 fully saturated rings. The minimum atomic E-state index is -0.208. The first-order valence-corrected chi connectivity index (χ1v) is 6.23. The molecule has 0 saturated heterocycles. The standard InChI is InChI=1S/C15H15ClFN/c1-11-2-5-13(15(16)8-11)10-18-9-12-3-6-14(17)7-4-12/h2-8,18H,9-10H2,1H3. The molecule has 0 atom stereocenters. The van der Waals surface area contributed by atoms with Crippen LogP contribution in [0.3, 0.4) is 0 Å². The van der Waals surface area contributed by atoms with E-state index >= 15 is 0 Å². The molecule has 2 aromatic rings. The monoisotopic (exact) mass is 263 g/mol. The van der Waals surface area contributed by atoms with Crippen molar-refractivity contribution in [1.82, 2.24) is 5.32 Å². The predicted octanol–water partition coefficient (Wildman–Crippen LogP) is 4.08. The summed E-state index contributed by atoms with van der Waals surface area (Å²) in [5.74, 6) is -0.208. The zero-order valence-electron chi connectivity index (χ0n) is 10.2. The Morgan fingerprint density at radius 3 is 2.44 bits per heavy atom. The first-order chi connectivity index (χ1) is 8.65. The molecule has 2 rings (SSSR count). The van der Waals surface area contributed by atoms with E-state index in [9.17, 15) is 4.39 Å². The molecule has 0 aromatic heterocycles. The van der Waals surface area contributed by atoms with Crippen molar-refractivity contribution in [2.24, 2.45) is 0 Å². The van der Waals surface area contributed by atoms with Gasteiger partial charge in [-0.2, -0.15) is 0 Å². The van der Waals surface area contributed by atoms with E-state index in [1.54, 1.807) is 12.1 Å². The Kier molecular flexibility index (Phi) is 4.34. The van der Waals surface area contributed by atoms with E-state index < -0.39 is 0 Å². The first kappa shape index (κ1) is 13.1. The SMILES string of the molecule is Cc1ccc(CNCc2ccc(F)cc2)c(Cl)c1. The number of nitrogens with one attached hydrogen (secondary N) is 1. The number of benzene rings is 2. The van der Waals surface area contributed by atoms with Crippen molar-refractivity contribution in [2.45, 2.75) is 20.0 Å². The highest BCUT2D eigenvalue weighted by molar-refractivity contribution is 6.31. The van der Waals surface area contributed by atoms with Gasteiger partial charge in [0.1, 0.15) is 5.82 Å². The van der Waals surface area contributed by atoms with Crippen molar-refractivity contribution in [1.29, 1.82) is 0 Å². The third-order valence-electron chi connectivity index (χ3n) is 2.77. The molecule has 18 heavy (non-hydrogen) atoms. The van der Waals surface area contributed by atoms with Crippen molar-refractivity contribution >= 4 is 11.6 Å². The molecule has 1 N–H and O–H groups in total. The number of halogens is 2. The highest BCUT2D eigenvalue weighted by atomic mass is 35.5. The smallest absolute Gasteiger partial charge is 0.123 e. The molecule has 94 valence electrons. The molecule has 0 aliphatic heterocycles. The zero-order chi connectivity index (χ0) is 13.0. The van der Waals surface area contributed by atoms with Gasteiger partial charge in [0.2, 0.25) is 0 Å². The predicted molar refractivity (Wildman–Crippen MR) is 73.1 cm³/mol. The van der Waals surface area contributed by atoms with E-state index in [4.69, 9.17) is 11.6 Å². The topological polar surface area (TPSA) is 12.0 Å². The third kappa shape index (κ3) is 3.56. The Bertz CT molecular complexity index is 523. The van der Waals surface area contributed by atoms with Gasteiger partial charge in [-0.05, 0) is 41.8 Å². The van der Waals surface area contributed by atoms with Crippen molar-refractivity contribution in [3.63, 3.8) is 0 Å². The van der Waals surface area contributed by atoms with Gasteiger partial charge in [-0.3, -0.25) is 0 Å². The molecule has 1 nitrogen and oxygen atoms in total. The van der Waals surface area contributed by atoms with Crippen LogP contribution in [0.1, 0.15) is 16.7 Å². The van der Waals surface area contributed by atoms with E-state index in [1.807, 2.05) is 25.1 Å². The lowest BCUT2D eigenvalue weighted by molar-refractivity contribution is 0.625. The molecule has 2 aromatic carbocycles. The molecule has 0 aliphatic carbocycles. The molecular weight excluding hydrogens is 249 g/mol. The first-order valence-electron chi connectivity index (χ1n) is 5.85. The van der Waals surface area contributed by atoms with Gasteiger partial charge < -0.3 is 5.32 Å². The van der Waals surface area contributed by atoms with Crippen LogP contribution in [0.5, 0.6) is 0 Å². The van der Waals surface area contributed by atoms with E-state index in [-0.39, 0.29) is 5.82 Å². The minimum Gasteiger partial charge on any atom is -0.309 e. The highest BCUT2D eigenvalue weighted by Crippen LogP contribution is 2.17. The molecule has 0 bridgehead atoms. The van der Waals surface area contributed by atoms with Gasteiger partial charge in [0.25, 0.3) is 0 Å². The van der Waals surface area contributed by atoms with Crippen LogP contribution in [0.2, 0.25) is 5.02 Å². The van der Waals surface area contributed by atoms with E-state index in [2.05, 4.69) is 5.32 Å². The Balaban J connectivity index is 1.90. The molecule has 0 radical (unpaired) electrons. The quantitative estimate of drug-likeness (QED) is 0.877. The molecule has 0 unspecified atom stereocenters.